The molecule has 1 heterocycles. The molecule has 0 N–H and O–H groups in total. The standard InChI is InChI=1S/C20H25NO3S2/c1-3-24-18-10-6-7-11-20(18)26(22,23)21-13-12-19(25-15-14-21)17-9-5-4-8-16(17)2/h4-11,19H,3,12-15H2,1-2H3. The summed E-state index contributed by atoms with van der Waals surface area (Å²) in [6.07, 6.45) is 0.811. The Labute approximate surface area is 160 Å². The van der Waals surface area contributed by atoms with Crippen LogP contribution in [0.1, 0.15) is 29.7 Å². The van der Waals surface area contributed by atoms with Gasteiger partial charge < -0.3 is 4.74 Å². The number of hydrogen-bond acceptors (Lipinski definition) is 4. The first-order chi connectivity index (χ1) is 12.5. The fourth-order valence-corrected chi connectivity index (χ4v) is 6.29. The van der Waals surface area contributed by atoms with Gasteiger partial charge in [0.2, 0.25) is 10.0 Å². The molecule has 0 aliphatic carbocycles. The van der Waals surface area contributed by atoms with E-state index in [0.717, 1.165) is 12.2 Å². The van der Waals surface area contributed by atoms with Crippen molar-refractivity contribution in [2.24, 2.45) is 0 Å². The van der Waals surface area contributed by atoms with Crippen molar-refractivity contribution in [1.29, 1.82) is 0 Å². The van der Waals surface area contributed by atoms with Crippen LogP contribution in [0, 0.1) is 6.92 Å². The lowest BCUT2D eigenvalue weighted by Crippen LogP contribution is -2.33. The normalized spacial score (nSPS) is 19.1. The van der Waals surface area contributed by atoms with Crippen molar-refractivity contribution in [1.82, 2.24) is 4.31 Å². The second-order valence-corrected chi connectivity index (χ2v) is 9.51. The number of nitrogens with zero attached hydrogens (tertiary/aromatic N) is 1. The number of sulfonamides is 1. The Kier molecular flexibility index (Phi) is 6.27. The smallest absolute Gasteiger partial charge is 0.246 e. The van der Waals surface area contributed by atoms with Crippen LogP contribution in [0.3, 0.4) is 0 Å². The number of hydrogen-bond donors (Lipinski definition) is 0. The van der Waals surface area contributed by atoms with E-state index >= 15 is 0 Å². The van der Waals surface area contributed by atoms with Crippen molar-refractivity contribution in [2.75, 3.05) is 25.4 Å². The topological polar surface area (TPSA) is 46.6 Å². The second-order valence-electron chi connectivity index (χ2n) is 6.29. The molecule has 26 heavy (non-hydrogen) atoms. The highest BCUT2D eigenvalue weighted by atomic mass is 32.2. The minimum absolute atomic E-state index is 0.265. The van der Waals surface area contributed by atoms with Gasteiger partial charge in [0, 0.05) is 24.1 Å². The van der Waals surface area contributed by atoms with Gasteiger partial charge >= 0.3 is 0 Å². The summed E-state index contributed by atoms with van der Waals surface area (Å²) in [5, 5.41) is 0.332. The van der Waals surface area contributed by atoms with Crippen LogP contribution in [0.2, 0.25) is 0 Å². The van der Waals surface area contributed by atoms with Crippen LogP contribution in [0.4, 0.5) is 0 Å². The minimum Gasteiger partial charge on any atom is -0.492 e. The van der Waals surface area contributed by atoms with E-state index in [9.17, 15) is 8.42 Å². The Morgan fingerprint density at radius 1 is 1.12 bits per heavy atom. The van der Waals surface area contributed by atoms with Crippen molar-refractivity contribution in [2.45, 2.75) is 30.4 Å². The van der Waals surface area contributed by atoms with E-state index in [2.05, 4.69) is 25.1 Å². The van der Waals surface area contributed by atoms with Gasteiger partial charge in [0.05, 0.1) is 6.61 Å². The van der Waals surface area contributed by atoms with Gasteiger partial charge in [-0.2, -0.15) is 16.1 Å². The molecular formula is C20H25NO3S2. The molecule has 1 saturated heterocycles. The first kappa shape index (κ1) is 19.3. The zero-order valence-corrected chi connectivity index (χ0v) is 16.9. The summed E-state index contributed by atoms with van der Waals surface area (Å²) in [5.41, 5.74) is 2.58. The Bertz CT molecular complexity index is 852. The highest BCUT2D eigenvalue weighted by Crippen LogP contribution is 2.37. The molecule has 1 atom stereocenters. The SMILES string of the molecule is CCOc1ccccc1S(=O)(=O)N1CCSC(c2ccccc2C)CC1. The molecule has 2 aromatic rings. The molecule has 0 radical (unpaired) electrons. The maximum atomic E-state index is 13.2. The molecule has 2 aromatic carbocycles. The molecule has 1 unspecified atom stereocenters. The van der Waals surface area contributed by atoms with Crippen LogP contribution >= 0.6 is 11.8 Å². The lowest BCUT2D eigenvalue weighted by Gasteiger charge is -2.21. The lowest BCUT2D eigenvalue weighted by atomic mass is 10.0. The monoisotopic (exact) mass is 391 g/mol. The molecular weight excluding hydrogens is 366 g/mol. The molecule has 0 spiro atoms. The minimum atomic E-state index is -3.56. The lowest BCUT2D eigenvalue weighted by molar-refractivity contribution is 0.329. The predicted molar refractivity (Wildman–Crippen MR) is 107 cm³/mol. The number of para-hydroxylation sites is 1. The van der Waals surface area contributed by atoms with Gasteiger partial charge in [0.1, 0.15) is 10.6 Å². The molecule has 140 valence electrons. The van der Waals surface area contributed by atoms with E-state index in [4.69, 9.17) is 4.74 Å². The van der Waals surface area contributed by atoms with Gasteiger partial charge in [-0.25, -0.2) is 8.42 Å². The summed E-state index contributed by atoms with van der Waals surface area (Å²) in [6.45, 7) is 5.47. The Hall–Kier alpha value is -1.50. The first-order valence-corrected chi connectivity index (χ1v) is 11.4. The number of aryl methyl sites for hydroxylation is 1. The first-order valence-electron chi connectivity index (χ1n) is 8.93. The third kappa shape index (κ3) is 4.08. The largest absolute Gasteiger partial charge is 0.492 e. The van der Waals surface area contributed by atoms with Gasteiger partial charge in [-0.3, -0.25) is 0 Å². The Balaban J connectivity index is 1.81. The zero-order valence-electron chi connectivity index (χ0n) is 15.2. The van der Waals surface area contributed by atoms with Crippen LogP contribution in [-0.2, 0) is 10.0 Å². The third-order valence-corrected chi connectivity index (χ3v) is 7.85. The van der Waals surface area contributed by atoms with E-state index in [1.807, 2.05) is 24.8 Å². The average Bonchev–Trinajstić information content (AvgIpc) is 2.89. The van der Waals surface area contributed by atoms with E-state index in [-0.39, 0.29) is 4.90 Å². The Morgan fingerprint density at radius 2 is 1.85 bits per heavy atom. The van der Waals surface area contributed by atoms with Crippen molar-refractivity contribution < 1.29 is 13.2 Å². The highest BCUT2D eigenvalue weighted by molar-refractivity contribution is 7.99. The van der Waals surface area contributed by atoms with Gasteiger partial charge in [0.15, 0.2) is 0 Å². The van der Waals surface area contributed by atoms with Crippen LogP contribution in [-0.4, -0.2) is 38.2 Å². The molecule has 1 aliphatic rings. The summed E-state index contributed by atoms with van der Waals surface area (Å²) in [7, 11) is -3.56. The van der Waals surface area contributed by atoms with Gasteiger partial charge in [-0.15, -0.1) is 0 Å². The predicted octanol–water partition coefficient (Wildman–Crippen LogP) is 4.26. The van der Waals surface area contributed by atoms with Crippen molar-refractivity contribution in [3.63, 3.8) is 0 Å². The molecule has 1 aliphatic heterocycles. The van der Waals surface area contributed by atoms with Gasteiger partial charge in [-0.1, -0.05) is 36.4 Å². The molecule has 6 heteroatoms. The van der Waals surface area contributed by atoms with Gasteiger partial charge in [-0.05, 0) is 43.5 Å². The molecule has 3 rings (SSSR count). The number of thioether (sulfide) groups is 1. The molecule has 1 fully saturated rings. The number of ether oxygens (including phenoxy) is 1. The fourth-order valence-electron chi connectivity index (χ4n) is 3.26. The molecule has 0 aromatic heterocycles. The maximum absolute atomic E-state index is 13.2. The van der Waals surface area contributed by atoms with Crippen LogP contribution < -0.4 is 4.74 Å². The van der Waals surface area contributed by atoms with Crippen LogP contribution in [0.15, 0.2) is 53.4 Å². The third-order valence-electron chi connectivity index (χ3n) is 4.60. The summed E-state index contributed by atoms with van der Waals surface area (Å²) < 4.78 is 33.5. The van der Waals surface area contributed by atoms with E-state index < -0.39 is 10.0 Å². The van der Waals surface area contributed by atoms with E-state index in [0.29, 0.717) is 30.7 Å². The summed E-state index contributed by atoms with van der Waals surface area (Å²) in [6, 6.07) is 15.3. The van der Waals surface area contributed by atoms with Crippen molar-refractivity contribution in [3.8, 4) is 5.75 Å². The highest BCUT2D eigenvalue weighted by Gasteiger charge is 2.30. The number of benzene rings is 2. The Morgan fingerprint density at radius 3 is 2.62 bits per heavy atom. The van der Waals surface area contributed by atoms with Gasteiger partial charge in [0.25, 0.3) is 0 Å². The fraction of sp³-hybridized carbons (Fsp3) is 0.400. The van der Waals surface area contributed by atoms with Crippen molar-refractivity contribution in [3.05, 3.63) is 59.7 Å². The summed E-state index contributed by atoms with van der Waals surface area (Å²) in [5.74, 6) is 1.22. The summed E-state index contributed by atoms with van der Waals surface area (Å²) in [4.78, 5) is 0.265. The quantitative estimate of drug-likeness (QED) is 0.764. The van der Waals surface area contributed by atoms with E-state index in [1.54, 1.807) is 28.6 Å². The summed E-state index contributed by atoms with van der Waals surface area (Å²) >= 11 is 1.84. The maximum Gasteiger partial charge on any atom is 0.246 e. The van der Waals surface area contributed by atoms with Crippen LogP contribution in [0.5, 0.6) is 5.75 Å². The number of rotatable bonds is 5. The molecule has 0 saturated carbocycles. The zero-order chi connectivity index (χ0) is 18.6. The molecule has 4 nitrogen and oxygen atoms in total. The van der Waals surface area contributed by atoms with Crippen molar-refractivity contribution >= 4 is 21.8 Å². The molecule has 0 bridgehead atoms. The van der Waals surface area contributed by atoms with Crippen LogP contribution in [0.25, 0.3) is 0 Å². The molecule has 0 amide bonds. The van der Waals surface area contributed by atoms with E-state index in [1.165, 1.54) is 11.1 Å². The second kappa shape index (κ2) is 8.46. The average molecular weight is 392 g/mol.